The Morgan fingerprint density at radius 3 is 2.52 bits per heavy atom. The van der Waals surface area contributed by atoms with Gasteiger partial charge in [0.05, 0.1) is 23.6 Å². The quantitative estimate of drug-likeness (QED) is 0.521. The van der Waals surface area contributed by atoms with Crippen molar-refractivity contribution in [3.05, 3.63) is 71.5 Å². The first-order valence-corrected chi connectivity index (χ1v) is 10.2. The lowest BCUT2D eigenvalue weighted by Gasteiger charge is -2.13. The molecule has 3 rings (SSSR count). The maximum absolute atomic E-state index is 5.95. The lowest BCUT2D eigenvalue weighted by Crippen LogP contribution is -2.31. The van der Waals surface area contributed by atoms with Crippen molar-refractivity contribution in [2.24, 2.45) is 5.92 Å². The second kappa shape index (κ2) is 9.56. The van der Waals surface area contributed by atoms with E-state index in [1.54, 1.807) is 0 Å². The lowest BCUT2D eigenvalue weighted by molar-refractivity contribution is 0.481. The monoisotopic (exact) mass is 408 g/mol. The van der Waals surface area contributed by atoms with Crippen LogP contribution in [0.4, 0.5) is 5.69 Å². The van der Waals surface area contributed by atoms with Gasteiger partial charge in [0, 0.05) is 6.54 Å². The van der Waals surface area contributed by atoms with Crippen molar-refractivity contribution < 1.29 is 4.74 Å². The number of thiocarbonyl (C=S) groups is 1. The van der Waals surface area contributed by atoms with Gasteiger partial charge in [0.15, 0.2) is 5.11 Å². The number of nitrogens with one attached hydrogen (secondary N) is 2. The number of benzene rings is 2. The third-order valence-corrected chi connectivity index (χ3v) is 4.75. The molecule has 0 fully saturated rings. The van der Waals surface area contributed by atoms with Gasteiger partial charge in [-0.15, -0.1) is 0 Å². The topological polar surface area (TPSA) is 51.1 Å². The molecular formula is C23H28N4OS. The molecule has 1 heterocycles. The highest BCUT2D eigenvalue weighted by Gasteiger charge is 2.13. The van der Waals surface area contributed by atoms with Gasteiger partial charge in [-0.25, -0.2) is 0 Å². The number of nitrogens with zero attached hydrogens (tertiary/aromatic N) is 2. The molecule has 1 aromatic heterocycles. The van der Waals surface area contributed by atoms with Crippen molar-refractivity contribution in [1.29, 1.82) is 0 Å². The van der Waals surface area contributed by atoms with Gasteiger partial charge in [-0.05, 0) is 61.8 Å². The summed E-state index contributed by atoms with van der Waals surface area (Å²) in [6.07, 6.45) is 0. The van der Waals surface area contributed by atoms with E-state index in [4.69, 9.17) is 22.1 Å². The predicted molar refractivity (Wildman–Crippen MR) is 123 cm³/mol. The smallest absolute Gasteiger partial charge is 0.170 e. The average molecular weight is 409 g/mol. The van der Waals surface area contributed by atoms with Crippen LogP contribution in [0.25, 0.3) is 0 Å². The van der Waals surface area contributed by atoms with Crippen LogP contribution in [-0.4, -0.2) is 21.4 Å². The predicted octanol–water partition coefficient (Wildman–Crippen LogP) is 5.28. The van der Waals surface area contributed by atoms with Crippen LogP contribution in [0.5, 0.6) is 11.5 Å². The molecule has 0 bridgehead atoms. The second-order valence-electron chi connectivity index (χ2n) is 7.49. The Balaban J connectivity index is 1.71. The largest absolute Gasteiger partial charge is 0.457 e. The Kier molecular flexibility index (Phi) is 6.88. The average Bonchev–Trinajstić information content (AvgIpc) is 2.95. The number of aromatic nitrogens is 2. The van der Waals surface area contributed by atoms with Crippen LogP contribution in [-0.2, 0) is 6.54 Å². The highest BCUT2D eigenvalue weighted by Crippen LogP contribution is 2.24. The van der Waals surface area contributed by atoms with E-state index >= 15 is 0 Å². The highest BCUT2D eigenvalue weighted by atomic mass is 32.1. The SMILES string of the molecule is Cc1nn(Cc2cccc(Oc3ccccc3)c2)c(C)c1NC(=S)NCC(C)C. The zero-order valence-electron chi connectivity index (χ0n) is 17.4. The summed E-state index contributed by atoms with van der Waals surface area (Å²) >= 11 is 5.42. The van der Waals surface area contributed by atoms with Crippen molar-refractivity contribution in [1.82, 2.24) is 15.1 Å². The van der Waals surface area contributed by atoms with E-state index in [1.165, 1.54) is 0 Å². The van der Waals surface area contributed by atoms with Crippen molar-refractivity contribution in [2.45, 2.75) is 34.2 Å². The number of rotatable bonds is 7. The van der Waals surface area contributed by atoms with Crippen LogP contribution in [0, 0.1) is 19.8 Å². The van der Waals surface area contributed by atoms with Crippen molar-refractivity contribution in [3.8, 4) is 11.5 Å². The molecule has 0 amide bonds. The fraction of sp³-hybridized carbons (Fsp3) is 0.304. The summed E-state index contributed by atoms with van der Waals surface area (Å²) in [5, 5.41) is 11.9. The molecule has 0 saturated heterocycles. The van der Waals surface area contributed by atoms with E-state index in [0.29, 0.717) is 17.6 Å². The molecule has 29 heavy (non-hydrogen) atoms. The maximum atomic E-state index is 5.95. The minimum absolute atomic E-state index is 0.532. The van der Waals surface area contributed by atoms with Gasteiger partial charge in [-0.1, -0.05) is 44.2 Å². The van der Waals surface area contributed by atoms with Gasteiger partial charge >= 0.3 is 0 Å². The third-order valence-electron chi connectivity index (χ3n) is 4.50. The third kappa shape index (κ3) is 5.81. The Labute approximate surface area is 178 Å². The summed E-state index contributed by atoms with van der Waals surface area (Å²) in [6, 6.07) is 17.9. The van der Waals surface area contributed by atoms with Crippen LogP contribution in [0.15, 0.2) is 54.6 Å². The first-order chi connectivity index (χ1) is 13.9. The molecule has 0 saturated carbocycles. The Morgan fingerprint density at radius 2 is 1.79 bits per heavy atom. The fourth-order valence-corrected chi connectivity index (χ4v) is 3.18. The molecule has 0 unspecified atom stereocenters. The van der Waals surface area contributed by atoms with E-state index in [1.807, 2.05) is 60.1 Å². The molecule has 3 aromatic rings. The van der Waals surface area contributed by atoms with Crippen molar-refractivity contribution in [2.75, 3.05) is 11.9 Å². The first kappa shape index (κ1) is 20.9. The molecule has 0 atom stereocenters. The fourth-order valence-electron chi connectivity index (χ4n) is 2.99. The van der Waals surface area contributed by atoms with Gasteiger partial charge < -0.3 is 15.4 Å². The van der Waals surface area contributed by atoms with Gasteiger partial charge in [-0.3, -0.25) is 4.68 Å². The molecule has 2 N–H and O–H groups in total. The zero-order valence-corrected chi connectivity index (χ0v) is 18.2. The first-order valence-electron chi connectivity index (χ1n) is 9.83. The summed E-state index contributed by atoms with van der Waals surface area (Å²) < 4.78 is 7.94. The summed E-state index contributed by atoms with van der Waals surface area (Å²) in [7, 11) is 0. The molecule has 0 aliphatic heterocycles. The Hall–Kier alpha value is -2.86. The molecule has 0 aliphatic rings. The molecular weight excluding hydrogens is 380 g/mol. The van der Waals surface area contributed by atoms with Crippen LogP contribution in [0.3, 0.4) is 0 Å². The van der Waals surface area contributed by atoms with E-state index in [2.05, 4.69) is 37.5 Å². The van der Waals surface area contributed by atoms with E-state index in [-0.39, 0.29) is 0 Å². The highest BCUT2D eigenvalue weighted by molar-refractivity contribution is 7.80. The van der Waals surface area contributed by atoms with Gasteiger partial charge in [0.1, 0.15) is 11.5 Å². The van der Waals surface area contributed by atoms with Gasteiger partial charge in [0.25, 0.3) is 0 Å². The van der Waals surface area contributed by atoms with E-state index in [0.717, 1.165) is 40.7 Å². The number of ether oxygens (including phenoxy) is 1. The summed E-state index contributed by atoms with van der Waals surface area (Å²) in [4.78, 5) is 0. The number of hydrogen-bond donors (Lipinski definition) is 2. The summed E-state index contributed by atoms with van der Waals surface area (Å²) in [6.45, 7) is 9.85. The second-order valence-corrected chi connectivity index (χ2v) is 7.90. The number of anilines is 1. The van der Waals surface area contributed by atoms with Crippen LogP contribution < -0.4 is 15.4 Å². The van der Waals surface area contributed by atoms with Gasteiger partial charge in [-0.2, -0.15) is 5.10 Å². The minimum atomic E-state index is 0.532. The van der Waals surface area contributed by atoms with Crippen molar-refractivity contribution in [3.63, 3.8) is 0 Å². The van der Waals surface area contributed by atoms with E-state index < -0.39 is 0 Å². The van der Waals surface area contributed by atoms with Crippen LogP contribution in [0.2, 0.25) is 0 Å². The zero-order chi connectivity index (χ0) is 20.8. The Bertz CT molecular complexity index is 966. The standard InChI is InChI=1S/C23H28N4OS/c1-16(2)14-24-23(29)25-22-17(3)26-27(18(22)4)15-19-9-8-12-21(13-19)28-20-10-6-5-7-11-20/h5-13,16H,14-15H2,1-4H3,(H2,24,25,29). The number of para-hydroxylation sites is 1. The molecule has 0 radical (unpaired) electrons. The molecule has 0 spiro atoms. The normalized spacial score (nSPS) is 10.8. The molecule has 0 aliphatic carbocycles. The molecule has 6 heteroatoms. The summed E-state index contributed by atoms with van der Waals surface area (Å²) in [5.41, 5.74) is 4.05. The van der Waals surface area contributed by atoms with Gasteiger partial charge in [0.2, 0.25) is 0 Å². The number of aryl methyl sites for hydroxylation is 1. The van der Waals surface area contributed by atoms with Crippen LogP contribution in [0.1, 0.15) is 30.8 Å². The maximum Gasteiger partial charge on any atom is 0.170 e. The van der Waals surface area contributed by atoms with Crippen LogP contribution >= 0.6 is 12.2 Å². The minimum Gasteiger partial charge on any atom is -0.457 e. The Morgan fingerprint density at radius 1 is 1.07 bits per heavy atom. The lowest BCUT2D eigenvalue weighted by atomic mass is 10.2. The molecule has 152 valence electrons. The molecule has 2 aromatic carbocycles. The molecule has 5 nitrogen and oxygen atoms in total. The van der Waals surface area contributed by atoms with E-state index in [9.17, 15) is 0 Å². The number of hydrogen-bond acceptors (Lipinski definition) is 3. The van der Waals surface area contributed by atoms with Crippen molar-refractivity contribution >= 4 is 23.0 Å². The summed E-state index contributed by atoms with van der Waals surface area (Å²) in [5.74, 6) is 2.17.